The Morgan fingerprint density at radius 2 is 1.82 bits per heavy atom. The summed E-state index contributed by atoms with van der Waals surface area (Å²) in [6, 6.07) is 0.345. The van der Waals surface area contributed by atoms with Gasteiger partial charge in [0, 0.05) is 7.11 Å². The van der Waals surface area contributed by atoms with Crippen molar-refractivity contribution in [3.63, 3.8) is 0 Å². The lowest BCUT2D eigenvalue weighted by Crippen LogP contribution is -2.54. The monoisotopic (exact) mass is 240 g/mol. The van der Waals surface area contributed by atoms with Gasteiger partial charge in [0.15, 0.2) is 0 Å². The fourth-order valence-corrected chi connectivity index (χ4v) is 3.86. The van der Waals surface area contributed by atoms with E-state index >= 15 is 0 Å². The minimum Gasteiger partial charge on any atom is -0.377 e. The first-order valence-corrected chi connectivity index (χ1v) is 7.32. The van der Waals surface area contributed by atoms with Crippen LogP contribution in [0.3, 0.4) is 0 Å². The highest BCUT2D eigenvalue weighted by Gasteiger charge is 2.41. The molecule has 2 saturated carbocycles. The van der Waals surface area contributed by atoms with Gasteiger partial charge in [-0.2, -0.15) is 0 Å². The molecule has 0 aromatic carbocycles. The van der Waals surface area contributed by atoms with E-state index in [1.165, 1.54) is 64.2 Å². The molecule has 2 rings (SSSR count). The summed E-state index contributed by atoms with van der Waals surface area (Å²) in [5, 5.41) is 0. The molecule has 2 aliphatic rings. The van der Waals surface area contributed by atoms with E-state index < -0.39 is 0 Å². The van der Waals surface area contributed by atoms with Crippen LogP contribution >= 0.6 is 0 Å². The van der Waals surface area contributed by atoms with Crippen molar-refractivity contribution in [1.29, 1.82) is 0 Å². The Labute approximate surface area is 105 Å². The van der Waals surface area contributed by atoms with Gasteiger partial charge in [-0.05, 0) is 25.2 Å². The normalized spacial score (nSPS) is 27.2. The molecule has 0 saturated heterocycles. The molecule has 1 atom stereocenters. The first kappa shape index (κ1) is 13.3. The summed E-state index contributed by atoms with van der Waals surface area (Å²) in [6.45, 7) is 0. The van der Waals surface area contributed by atoms with Gasteiger partial charge in [0.05, 0.1) is 11.6 Å². The number of methoxy groups -OCH3 is 1. The van der Waals surface area contributed by atoms with Gasteiger partial charge in [0.1, 0.15) is 0 Å². The second-order valence-electron chi connectivity index (χ2n) is 5.93. The van der Waals surface area contributed by atoms with E-state index in [-0.39, 0.29) is 5.60 Å². The molecule has 0 spiro atoms. The number of nitrogens with one attached hydrogen (secondary N) is 1. The van der Waals surface area contributed by atoms with Crippen molar-refractivity contribution < 1.29 is 4.74 Å². The van der Waals surface area contributed by atoms with Crippen LogP contribution in [0.1, 0.15) is 64.2 Å². The lowest BCUT2D eigenvalue weighted by molar-refractivity contribution is -0.0429. The van der Waals surface area contributed by atoms with Crippen LogP contribution in [0.5, 0.6) is 0 Å². The first-order chi connectivity index (χ1) is 8.30. The smallest absolute Gasteiger partial charge is 0.0844 e. The van der Waals surface area contributed by atoms with E-state index in [2.05, 4.69) is 5.43 Å². The van der Waals surface area contributed by atoms with Gasteiger partial charge >= 0.3 is 0 Å². The third kappa shape index (κ3) is 3.01. The van der Waals surface area contributed by atoms with Crippen molar-refractivity contribution >= 4 is 0 Å². The SMILES string of the molecule is COC1(C(CC2CCCCC2)NN)CCCC1. The summed E-state index contributed by atoms with van der Waals surface area (Å²) in [5.74, 6) is 6.66. The molecule has 0 bridgehead atoms. The highest BCUT2D eigenvalue weighted by atomic mass is 16.5. The molecule has 0 radical (unpaired) electrons. The molecule has 0 aromatic heterocycles. The summed E-state index contributed by atoms with van der Waals surface area (Å²) < 4.78 is 5.85. The van der Waals surface area contributed by atoms with Crippen LogP contribution in [-0.4, -0.2) is 18.8 Å². The zero-order chi connectivity index (χ0) is 12.1. The summed E-state index contributed by atoms with van der Waals surface area (Å²) in [4.78, 5) is 0. The van der Waals surface area contributed by atoms with E-state index in [9.17, 15) is 0 Å². The molecule has 3 heteroatoms. The van der Waals surface area contributed by atoms with Crippen molar-refractivity contribution in [3.05, 3.63) is 0 Å². The molecule has 0 aliphatic heterocycles. The number of hydrogen-bond donors (Lipinski definition) is 2. The second-order valence-corrected chi connectivity index (χ2v) is 5.93. The van der Waals surface area contributed by atoms with Gasteiger partial charge in [-0.3, -0.25) is 11.3 Å². The summed E-state index contributed by atoms with van der Waals surface area (Å²) in [7, 11) is 1.86. The molecule has 0 aromatic rings. The molecule has 3 N–H and O–H groups in total. The Morgan fingerprint density at radius 1 is 1.18 bits per heavy atom. The summed E-state index contributed by atoms with van der Waals surface area (Å²) in [6.07, 6.45) is 13.1. The van der Waals surface area contributed by atoms with Crippen LogP contribution in [0.4, 0.5) is 0 Å². The van der Waals surface area contributed by atoms with Crippen molar-refractivity contribution in [2.45, 2.75) is 75.9 Å². The van der Waals surface area contributed by atoms with Crippen molar-refractivity contribution in [2.24, 2.45) is 11.8 Å². The Hall–Kier alpha value is -0.120. The summed E-state index contributed by atoms with van der Waals surface area (Å²) in [5.41, 5.74) is 3.08. The van der Waals surface area contributed by atoms with Crippen LogP contribution in [-0.2, 0) is 4.74 Å². The minimum atomic E-state index is 0.0200. The topological polar surface area (TPSA) is 47.3 Å². The Morgan fingerprint density at radius 3 is 2.35 bits per heavy atom. The molecular formula is C14H28N2O. The van der Waals surface area contributed by atoms with Gasteiger partial charge < -0.3 is 4.74 Å². The van der Waals surface area contributed by atoms with Gasteiger partial charge in [-0.1, -0.05) is 44.9 Å². The fourth-order valence-electron chi connectivity index (χ4n) is 3.86. The molecule has 17 heavy (non-hydrogen) atoms. The second kappa shape index (κ2) is 6.17. The number of hydrogen-bond acceptors (Lipinski definition) is 3. The quantitative estimate of drug-likeness (QED) is 0.574. The molecular weight excluding hydrogens is 212 g/mol. The highest BCUT2D eigenvalue weighted by molar-refractivity contribution is 4.97. The average molecular weight is 240 g/mol. The molecule has 0 amide bonds. The maximum atomic E-state index is 5.85. The van der Waals surface area contributed by atoms with Gasteiger partial charge in [-0.15, -0.1) is 0 Å². The molecule has 3 nitrogen and oxygen atoms in total. The Bertz CT molecular complexity index is 220. The van der Waals surface area contributed by atoms with Crippen molar-refractivity contribution in [3.8, 4) is 0 Å². The third-order valence-corrected chi connectivity index (χ3v) is 4.99. The van der Waals surface area contributed by atoms with Gasteiger partial charge in [0.2, 0.25) is 0 Å². The van der Waals surface area contributed by atoms with Crippen LogP contribution in [0.15, 0.2) is 0 Å². The predicted octanol–water partition coefficient (Wildman–Crippen LogP) is 2.75. The minimum absolute atomic E-state index is 0.0200. The zero-order valence-electron chi connectivity index (χ0n) is 11.2. The van der Waals surface area contributed by atoms with E-state index in [0.29, 0.717) is 6.04 Å². The van der Waals surface area contributed by atoms with Gasteiger partial charge in [-0.25, -0.2) is 0 Å². The lowest BCUT2D eigenvalue weighted by Gasteiger charge is -2.38. The lowest BCUT2D eigenvalue weighted by atomic mass is 9.79. The van der Waals surface area contributed by atoms with Crippen LogP contribution in [0, 0.1) is 5.92 Å². The average Bonchev–Trinajstić information content (AvgIpc) is 2.87. The summed E-state index contributed by atoms with van der Waals surface area (Å²) >= 11 is 0. The molecule has 2 fully saturated rings. The zero-order valence-corrected chi connectivity index (χ0v) is 11.2. The maximum absolute atomic E-state index is 5.85. The van der Waals surface area contributed by atoms with Crippen molar-refractivity contribution in [2.75, 3.05) is 7.11 Å². The van der Waals surface area contributed by atoms with Crippen LogP contribution < -0.4 is 11.3 Å². The Kier molecular flexibility index (Phi) is 4.83. The third-order valence-electron chi connectivity index (χ3n) is 4.99. The number of ether oxygens (including phenoxy) is 1. The molecule has 1 unspecified atom stereocenters. The van der Waals surface area contributed by atoms with E-state index in [1.54, 1.807) is 0 Å². The number of rotatable bonds is 5. The van der Waals surface area contributed by atoms with Crippen LogP contribution in [0.2, 0.25) is 0 Å². The molecule has 0 heterocycles. The van der Waals surface area contributed by atoms with Crippen molar-refractivity contribution in [1.82, 2.24) is 5.43 Å². The molecule has 2 aliphatic carbocycles. The standard InChI is InChI=1S/C14H28N2O/c1-17-14(9-5-6-10-14)13(16-15)11-12-7-3-2-4-8-12/h12-13,16H,2-11,15H2,1H3. The fraction of sp³-hybridized carbons (Fsp3) is 1.00. The number of nitrogens with two attached hydrogens (primary N) is 1. The Balaban J connectivity index is 1.94. The highest BCUT2D eigenvalue weighted by Crippen LogP contribution is 2.39. The first-order valence-electron chi connectivity index (χ1n) is 7.32. The van der Waals surface area contributed by atoms with Crippen LogP contribution in [0.25, 0.3) is 0 Å². The van der Waals surface area contributed by atoms with E-state index in [1.807, 2.05) is 7.11 Å². The number of hydrazine groups is 1. The maximum Gasteiger partial charge on any atom is 0.0844 e. The van der Waals surface area contributed by atoms with E-state index in [4.69, 9.17) is 10.6 Å². The largest absolute Gasteiger partial charge is 0.377 e. The van der Waals surface area contributed by atoms with Gasteiger partial charge in [0.25, 0.3) is 0 Å². The predicted molar refractivity (Wildman–Crippen MR) is 70.5 cm³/mol. The molecule has 100 valence electrons. The van der Waals surface area contributed by atoms with E-state index in [0.717, 1.165) is 5.92 Å².